The lowest BCUT2D eigenvalue weighted by molar-refractivity contribution is -0.140. The quantitative estimate of drug-likeness (QED) is 0.872. The number of amides is 1. The minimum Gasteiger partial charge on any atom is -0.381 e. The van der Waals surface area contributed by atoms with Gasteiger partial charge < -0.3 is 15.0 Å². The van der Waals surface area contributed by atoms with E-state index in [2.05, 4.69) is 38.3 Å². The van der Waals surface area contributed by atoms with Gasteiger partial charge in [0.2, 0.25) is 5.91 Å². The van der Waals surface area contributed by atoms with Crippen molar-refractivity contribution in [2.45, 2.75) is 24.7 Å². The van der Waals surface area contributed by atoms with Crippen LogP contribution >= 0.6 is 15.9 Å². The van der Waals surface area contributed by atoms with E-state index in [1.165, 1.54) is 0 Å². The van der Waals surface area contributed by atoms with Gasteiger partial charge in [0.15, 0.2) is 0 Å². The number of nitrogens with one attached hydrogen (secondary N) is 1. The molecule has 1 aromatic rings. The first-order valence-corrected chi connectivity index (χ1v) is 9.23. The van der Waals surface area contributed by atoms with Crippen molar-refractivity contribution in [3.8, 4) is 0 Å². The van der Waals surface area contributed by atoms with Crippen molar-refractivity contribution in [3.05, 3.63) is 34.3 Å². The summed E-state index contributed by atoms with van der Waals surface area (Å²) >= 11 is 3.55. The Labute approximate surface area is 146 Å². The maximum Gasteiger partial charge on any atom is 0.233 e. The summed E-state index contributed by atoms with van der Waals surface area (Å²) in [5, 5.41) is 3.23. The Hall–Kier alpha value is -0.910. The molecule has 2 fully saturated rings. The topological polar surface area (TPSA) is 41.6 Å². The summed E-state index contributed by atoms with van der Waals surface area (Å²) in [6, 6.07) is 8.23. The molecular weight excluding hydrogens is 356 g/mol. The van der Waals surface area contributed by atoms with Crippen molar-refractivity contribution in [3.63, 3.8) is 0 Å². The van der Waals surface area contributed by atoms with E-state index >= 15 is 0 Å². The minimum absolute atomic E-state index is 0.289. The Bertz CT molecular complexity index is 558. The number of carbonyl (C=O) groups is 1. The van der Waals surface area contributed by atoms with Crippen LogP contribution < -0.4 is 5.32 Å². The maximum absolute atomic E-state index is 13.4. The smallest absolute Gasteiger partial charge is 0.233 e. The molecule has 1 atom stereocenters. The van der Waals surface area contributed by atoms with Crippen molar-refractivity contribution < 1.29 is 9.53 Å². The maximum atomic E-state index is 13.4. The van der Waals surface area contributed by atoms with Crippen LogP contribution in [0, 0.1) is 5.92 Å². The molecule has 0 aromatic heterocycles. The number of halogens is 1. The molecule has 2 aliphatic rings. The lowest BCUT2D eigenvalue weighted by atomic mass is 9.73. The molecule has 1 amide bonds. The molecule has 0 aliphatic carbocycles. The summed E-state index contributed by atoms with van der Waals surface area (Å²) in [7, 11) is 1.98. The van der Waals surface area contributed by atoms with Crippen LogP contribution in [0.2, 0.25) is 0 Å². The molecule has 4 nitrogen and oxygen atoms in total. The Balaban J connectivity index is 1.86. The fourth-order valence-corrected chi connectivity index (χ4v) is 4.31. The molecule has 0 unspecified atom stereocenters. The molecule has 1 aromatic carbocycles. The molecule has 5 heteroatoms. The summed E-state index contributed by atoms with van der Waals surface area (Å²) in [6.07, 6.45) is 2.64. The number of carbonyl (C=O) groups excluding carboxylic acids is 1. The number of nitrogens with zero attached hydrogens (tertiary/aromatic N) is 1. The third-order valence-electron chi connectivity index (χ3n) is 5.20. The van der Waals surface area contributed by atoms with Crippen molar-refractivity contribution >= 4 is 21.8 Å². The Morgan fingerprint density at radius 3 is 2.91 bits per heavy atom. The molecular formula is C18H25BrN2O2. The average Bonchev–Trinajstić information content (AvgIpc) is 3.04. The van der Waals surface area contributed by atoms with Crippen LogP contribution in [0.4, 0.5) is 0 Å². The van der Waals surface area contributed by atoms with Crippen LogP contribution in [0.25, 0.3) is 0 Å². The van der Waals surface area contributed by atoms with Gasteiger partial charge in [0.1, 0.15) is 0 Å². The van der Waals surface area contributed by atoms with Gasteiger partial charge in [-0.15, -0.1) is 0 Å². The molecule has 1 N–H and O–H groups in total. The second-order valence-electron chi connectivity index (χ2n) is 6.67. The monoisotopic (exact) mass is 380 g/mol. The molecule has 0 radical (unpaired) electrons. The second-order valence-corrected chi connectivity index (χ2v) is 7.58. The van der Waals surface area contributed by atoms with E-state index in [-0.39, 0.29) is 5.91 Å². The zero-order valence-corrected chi connectivity index (χ0v) is 15.3. The summed E-state index contributed by atoms with van der Waals surface area (Å²) in [5.41, 5.74) is 0.702. The normalized spacial score (nSPS) is 23.9. The van der Waals surface area contributed by atoms with Crippen molar-refractivity contribution in [1.29, 1.82) is 0 Å². The molecule has 0 bridgehead atoms. The zero-order valence-electron chi connectivity index (χ0n) is 13.7. The third-order valence-corrected chi connectivity index (χ3v) is 5.69. The predicted octanol–water partition coefficient (Wildman–Crippen LogP) is 2.57. The van der Waals surface area contributed by atoms with E-state index in [0.717, 1.165) is 48.9 Å². The van der Waals surface area contributed by atoms with E-state index in [9.17, 15) is 4.79 Å². The largest absolute Gasteiger partial charge is 0.381 e. The highest BCUT2D eigenvalue weighted by Crippen LogP contribution is 2.38. The van der Waals surface area contributed by atoms with Gasteiger partial charge in [0.05, 0.1) is 5.41 Å². The predicted molar refractivity (Wildman–Crippen MR) is 94.5 cm³/mol. The van der Waals surface area contributed by atoms with Gasteiger partial charge in [-0.2, -0.15) is 0 Å². The van der Waals surface area contributed by atoms with Crippen LogP contribution in [0.1, 0.15) is 24.8 Å². The average molecular weight is 381 g/mol. The van der Waals surface area contributed by atoms with Crippen molar-refractivity contribution in [1.82, 2.24) is 10.2 Å². The van der Waals surface area contributed by atoms with Gasteiger partial charge in [-0.25, -0.2) is 0 Å². The molecule has 2 aliphatic heterocycles. The Kier molecular flexibility index (Phi) is 5.39. The number of hydrogen-bond acceptors (Lipinski definition) is 3. The summed E-state index contributed by atoms with van der Waals surface area (Å²) in [6.45, 7) is 4.05. The van der Waals surface area contributed by atoms with Gasteiger partial charge in [-0.05, 0) is 56.5 Å². The number of benzene rings is 1. The number of rotatable bonds is 4. The van der Waals surface area contributed by atoms with E-state index in [4.69, 9.17) is 4.74 Å². The molecule has 0 spiro atoms. The van der Waals surface area contributed by atoms with Gasteiger partial charge in [-0.1, -0.05) is 28.1 Å². The first-order chi connectivity index (χ1) is 11.2. The number of ether oxygens (including phenoxy) is 1. The lowest BCUT2D eigenvalue weighted by Gasteiger charge is -2.39. The standard InChI is InChI=1S/C18H25BrN2O2/c1-20-12-14-5-8-21(13-14)17(22)18(6-9-23-10-7-18)15-3-2-4-16(19)11-15/h2-4,11,14,20H,5-10,12-13H2,1H3/t14-/m0/s1. The molecule has 2 heterocycles. The van der Waals surface area contributed by atoms with Crippen molar-refractivity contribution in [2.24, 2.45) is 5.92 Å². The SMILES string of the molecule is CNC[C@@H]1CCN(C(=O)C2(c3cccc(Br)c3)CCOCC2)C1. The van der Waals surface area contributed by atoms with Crippen LogP contribution in [0.3, 0.4) is 0 Å². The van der Waals surface area contributed by atoms with Crippen LogP contribution in [0.5, 0.6) is 0 Å². The van der Waals surface area contributed by atoms with Gasteiger partial charge >= 0.3 is 0 Å². The first-order valence-electron chi connectivity index (χ1n) is 8.43. The fourth-order valence-electron chi connectivity index (χ4n) is 3.91. The van der Waals surface area contributed by atoms with E-state index < -0.39 is 5.41 Å². The fraction of sp³-hybridized carbons (Fsp3) is 0.611. The number of hydrogen-bond donors (Lipinski definition) is 1. The second kappa shape index (κ2) is 7.32. The van der Waals surface area contributed by atoms with Crippen LogP contribution in [-0.4, -0.2) is 50.7 Å². The van der Waals surface area contributed by atoms with E-state index in [1.54, 1.807) is 0 Å². The van der Waals surface area contributed by atoms with Crippen LogP contribution in [0.15, 0.2) is 28.7 Å². The highest BCUT2D eigenvalue weighted by atomic mass is 79.9. The van der Waals surface area contributed by atoms with E-state index in [0.29, 0.717) is 19.1 Å². The van der Waals surface area contributed by atoms with Crippen LogP contribution in [-0.2, 0) is 14.9 Å². The van der Waals surface area contributed by atoms with Gasteiger partial charge in [-0.3, -0.25) is 4.79 Å². The minimum atomic E-state index is -0.420. The summed E-state index contributed by atoms with van der Waals surface area (Å²) in [4.78, 5) is 15.5. The summed E-state index contributed by atoms with van der Waals surface area (Å²) in [5.74, 6) is 0.862. The first kappa shape index (κ1) is 16.9. The molecule has 3 rings (SSSR count). The Morgan fingerprint density at radius 1 is 1.43 bits per heavy atom. The zero-order chi connectivity index (χ0) is 16.3. The highest BCUT2D eigenvalue weighted by Gasteiger charge is 2.45. The van der Waals surface area contributed by atoms with Gasteiger partial charge in [0.25, 0.3) is 0 Å². The molecule has 23 heavy (non-hydrogen) atoms. The molecule has 126 valence electrons. The lowest BCUT2D eigenvalue weighted by Crippen LogP contribution is -2.49. The van der Waals surface area contributed by atoms with Gasteiger partial charge in [0, 0.05) is 30.8 Å². The molecule has 2 saturated heterocycles. The third kappa shape index (κ3) is 3.47. The highest BCUT2D eigenvalue weighted by molar-refractivity contribution is 9.10. The van der Waals surface area contributed by atoms with Crippen molar-refractivity contribution in [2.75, 3.05) is 39.9 Å². The number of likely N-dealkylation sites (tertiary alicyclic amines) is 1. The molecule has 0 saturated carbocycles. The summed E-state index contributed by atoms with van der Waals surface area (Å²) < 4.78 is 6.59. The van der Waals surface area contributed by atoms with E-state index in [1.807, 2.05) is 19.2 Å². The Morgan fingerprint density at radius 2 is 2.22 bits per heavy atom.